The Morgan fingerprint density at radius 1 is 1.19 bits per heavy atom. The Kier molecular flexibility index (Phi) is 4.25. The number of hydrogen-bond donors (Lipinski definition) is 2. The highest BCUT2D eigenvalue weighted by molar-refractivity contribution is 5.94. The average Bonchev–Trinajstić information content (AvgIpc) is 2.53. The molecule has 106 valence electrons. The average molecular weight is 284 g/mol. The number of carbonyl (C=O) groups is 1. The van der Waals surface area contributed by atoms with Crippen molar-refractivity contribution in [1.82, 2.24) is 15.8 Å². The van der Waals surface area contributed by atoms with Gasteiger partial charge in [-0.05, 0) is 18.2 Å². The summed E-state index contributed by atoms with van der Waals surface area (Å²) in [5.74, 6) is -0.504. The number of nitrogens with one attached hydrogen (secondary N) is 2. The third-order valence-electron chi connectivity index (χ3n) is 2.62. The van der Waals surface area contributed by atoms with Crippen LogP contribution in [-0.4, -0.2) is 15.8 Å². The quantitative estimate of drug-likeness (QED) is 0.645. The number of nitro benzene ring substituents is 1. The van der Waals surface area contributed by atoms with E-state index in [1.165, 1.54) is 24.3 Å². The van der Waals surface area contributed by atoms with Crippen LogP contribution in [0.5, 0.6) is 0 Å². The summed E-state index contributed by atoms with van der Waals surface area (Å²) < 4.78 is 0. The molecular formula is C14H12N4O3. The van der Waals surface area contributed by atoms with Crippen molar-refractivity contribution in [3.8, 4) is 0 Å². The Bertz CT molecular complexity index is 686. The number of non-ortho nitro benzene ring substituents is 1. The summed E-state index contributed by atoms with van der Waals surface area (Å²) in [6.07, 6.45) is 1.60. The highest BCUT2D eigenvalue weighted by Gasteiger charge is 2.11. The van der Waals surface area contributed by atoms with Crippen molar-refractivity contribution < 1.29 is 9.72 Å². The Hall–Kier alpha value is -3.22. The van der Waals surface area contributed by atoms with Crippen LogP contribution in [0.1, 0.15) is 16.1 Å². The van der Waals surface area contributed by atoms with E-state index in [0.29, 0.717) is 11.4 Å². The van der Waals surface area contributed by atoms with Crippen molar-refractivity contribution >= 4 is 17.3 Å². The van der Waals surface area contributed by atoms with Crippen molar-refractivity contribution in [3.05, 3.63) is 76.6 Å². The molecule has 0 aliphatic carbocycles. The van der Waals surface area contributed by atoms with Gasteiger partial charge in [0.1, 0.15) is 0 Å². The minimum absolute atomic E-state index is 0.147. The standard InChI is InChI=1S/C14H12N4O3/c1-10(13-7-2-3-8-15-13)16-17-14(19)11-5-4-6-12(9-11)18(20)21/h2-9,16H,1H2,(H,17,19). The topological polar surface area (TPSA) is 97.2 Å². The molecule has 0 radical (unpaired) electrons. The fourth-order valence-electron chi connectivity index (χ4n) is 1.57. The number of hydrazine groups is 1. The highest BCUT2D eigenvalue weighted by Crippen LogP contribution is 2.12. The summed E-state index contributed by atoms with van der Waals surface area (Å²) in [7, 11) is 0. The van der Waals surface area contributed by atoms with Crippen LogP contribution < -0.4 is 10.9 Å². The predicted octanol–water partition coefficient (Wildman–Crippen LogP) is 1.90. The molecule has 0 spiro atoms. The zero-order chi connectivity index (χ0) is 15.2. The van der Waals surface area contributed by atoms with Crippen molar-refractivity contribution in [2.75, 3.05) is 0 Å². The summed E-state index contributed by atoms with van der Waals surface area (Å²) >= 11 is 0. The molecule has 0 aliphatic rings. The number of pyridine rings is 1. The van der Waals surface area contributed by atoms with Crippen molar-refractivity contribution in [3.63, 3.8) is 0 Å². The minimum Gasteiger partial charge on any atom is -0.297 e. The second kappa shape index (κ2) is 6.29. The molecule has 2 N–H and O–H groups in total. The van der Waals surface area contributed by atoms with Gasteiger partial charge in [-0.25, -0.2) is 0 Å². The van der Waals surface area contributed by atoms with Gasteiger partial charge in [-0.1, -0.05) is 18.7 Å². The van der Waals surface area contributed by atoms with E-state index in [1.807, 2.05) is 0 Å². The molecule has 1 aromatic carbocycles. The van der Waals surface area contributed by atoms with Gasteiger partial charge in [-0.2, -0.15) is 0 Å². The predicted molar refractivity (Wildman–Crippen MR) is 77.0 cm³/mol. The number of nitrogens with zero attached hydrogens (tertiary/aromatic N) is 2. The minimum atomic E-state index is -0.559. The number of nitro groups is 1. The van der Waals surface area contributed by atoms with E-state index in [1.54, 1.807) is 24.4 Å². The van der Waals surface area contributed by atoms with E-state index < -0.39 is 10.8 Å². The normalized spacial score (nSPS) is 9.71. The van der Waals surface area contributed by atoms with Crippen molar-refractivity contribution in [2.45, 2.75) is 0 Å². The lowest BCUT2D eigenvalue weighted by Gasteiger charge is -2.10. The van der Waals surface area contributed by atoms with E-state index in [2.05, 4.69) is 22.4 Å². The highest BCUT2D eigenvalue weighted by atomic mass is 16.6. The first kappa shape index (κ1) is 14.2. The number of rotatable bonds is 5. The molecule has 21 heavy (non-hydrogen) atoms. The number of amides is 1. The van der Waals surface area contributed by atoms with Gasteiger partial charge in [0.2, 0.25) is 0 Å². The summed E-state index contributed by atoms with van der Waals surface area (Å²) in [4.78, 5) is 26.1. The first-order chi connectivity index (χ1) is 10.1. The maximum absolute atomic E-state index is 11.9. The molecule has 2 aromatic rings. The monoisotopic (exact) mass is 284 g/mol. The number of hydrogen-bond acceptors (Lipinski definition) is 5. The molecule has 0 aliphatic heterocycles. The van der Waals surface area contributed by atoms with Crippen LogP contribution in [0.4, 0.5) is 5.69 Å². The summed E-state index contributed by atoms with van der Waals surface area (Å²) in [6, 6.07) is 10.7. The Morgan fingerprint density at radius 2 is 2.00 bits per heavy atom. The number of aromatic nitrogens is 1. The van der Waals surface area contributed by atoms with Gasteiger partial charge in [0, 0.05) is 23.9 Å². The van der Waals surface area contributed by atoms with Gasteiger partial charge in [0.05, 0.1) is 16.3 Å². The van der Waals surface area contributed by atoms with E-state index in [9.17, 15) is 14.9 Å². The molecule has 1 heterocycles. The lowest BCUT2D eigenvalue weighted by molar-refractivity contribution is -0.384. The molecule has 7 nitrogen and oxygen atoms in total. The van der Waals surface area contributed by atoms with Crippen LogP contribution in [0.3, 0.4) is 0 Å². The molecule has 1 aromatic heterocycles. The molecule has 0 bridgehead atoms. The summed E-state index contributed by atoms with van der Waals surface area (Å²) in [5.41, 5.74) is 6.05. The lowest BCUT2D eigenvalue weighted by Crippen LogP contribution is -2.36. The van der Waals surface area contributed by atoms with Crippen LogP contribution in [0.25, 0.3) is 5.70 Å². The van der Waals surface area contributed by atoms with Crippen molar-refractivity contribution in [1.29, 1.82) is 0 Å². The van der Waals surface area contributed by atoms with Gasteiger partial charge in [0.15, 0.2) is 0 Å². The molecule has 0 fully saturated rings. The van der Waals surface area contributed by atoms with Crippen LogP contribution >= 0.6 is 0 Å². The summed E-state index contributed by atoms with van der Waals surface area (Å²) in [6.45, 7) is 3.74. The second-order valence-corrected chi connectivity index (χ2v) is 4.08. The molecule has 1 amide bonds. The van der Waals surface area contributed by atoms with Gasteiger partial charge >= 0.3 is 0 Å². The zero-order valence-electron chi connectivity index (χ0n) is 10.9. The van der Waals surface area contributed by atoms with Crippen LogP contribution in [0.15, 0.2) is 55.2 Å². The van der Waals surface area contributed by atoms with Gasteiger partial charge in [0.25, 0.3) is 11.6 Å². The van der Waals surface area contributed by atoms with E-state index >= 15 is 0 Å². The zero-order valence-corrected chi connectivity index (χ0v) is 10.9. The fraction of sp³-hybridized carbons (Fsp3) is 0. The van der Waals surface area contributed by atoms with Gasteiger partial charge in [-0.3, -0.25) is 30.7 Å². The summed E-state index contributed by atoms with van der Waals surface area (Å²) in [5, 5.41) is 10.7. The van der Waals surface area contributed by atoms with E-state index in [4.69, 9.17) is 0 Å². The fourth-order valence-corrected chi connectivity index (χ4v) is 1.57. The maximum atomic E-state index is 11.9. The number of benzene rings is 1. The lowest BCUT2D eigenvalue weighted by atomic mass is 10.2. The van der Waals surface area contributed by atoms with E-state index in [0.717, 1.165) is 0 Å². The first-order valence-electron chi connectivity index (χ1n) is 5.99. The Morgan fingerprint density at radius 3 is 2.67 bits per heavy atom. The maximum Gasteiger partial charge on any atom is 0.270 e. The molecule has 2 rings (SSSR count). The molecule has 7 heteroatoms. The van der Waals surface area contributed by atoms with Crippen LogP contribution in [0.2, 0.25) is 0 Å². The third kappa shape index (κ3) is 3.63. The first-order valence-corrected chi connectivity index (χ1v) is 5.99. The molecular weight excluding hydrogens is 272 g/mol. The van der Waals surface area contributed by atoms with Gasteiger partial charge < -0.3 is 0 Å². The van der Waals surface area contributed by atoms with E-state index in [-0.39, 0.29) is 11.3 Å². The van der Waals surface area contributed by atoms with Crippen LogP contribution in [-0.2, 0) is 0 Å². The van der Waals surface area contributed by atoms with Crippen LogP contribution in [0, 0.1) is 10.1 Å². The molecule has 0 saturated heterocycles. The largest absolute Gasteiger partial charge is 0.297 e. The second-order valence-electron chi connectivity index (χ2n) is 4.08. The molecule has 0 saturated carbocycles. The third-order valence-corrected chi connectivity index (χ3v) is 2.62. The van der Waals surface area contributed by atoms with Crippen molar-refractivity contribution in [2.24, 2.45) is 0 Å². The Balaban J connectivity index is 2.01. The van der Waals surface area contributed by atoms with Gasteiger partial charge in [-0.15, -0.1) is 0 Å². The Labute approximate surface area is 120 Å². The molecule has 0 atom stereocenters. The molecule has 0 unspecified atom stereocenters. The number of carbonyl (C=O) groups excluding carboxylic acids is 1. The smallest absolute Gasteiger partial charge is 0.270 e. The SMILES string of the molecule is C=C(NNC(=O)c1cccc([N+](=O)[O-])c1)c1ccccn1.